The van der Waals surface area contributed by atoms with E-state index >= 15 is 0 Å². The number of anilines is 2. The van der Waals surface area contributed by atoms with Crippen molar-refractivity contribution in [3.8, 4) is 12.1 Å². The van der Waals surface area contributed by atoms with Gasteiger partial charge in [0.25, 0.3) is 0 Å². The molecule has 2 aromatic carbocycles. The van der Waals surface area contributed by atoms with Gasteiger partial charge in [0.2, 0.25) is 0 Å². The van der Waals surface area contributed by atoms with Gasteiger partial charge in [-0.2, -0.15) is 10.5 Å². The predicted octanol–water partition coefficient (Wildman–Crippen LogP) is 3.79. The Bertz CT molecular complexity index is 703. The van der Waals surface area contributed by atoms with Crippen molar-refractivity contribution in [1.29, 1.82) is 10.5 Å². The average Bonchev–Trinajstić information content (AvgIpc) is 2.41. The second-order valence-corrected chi connectivity index (χ2v) is 4.40. The molecule has 0 heterocycles. The van der Waals surface area contributed by atoms with Crippen LogP contribution in [0.5, 0.6) is 0 Å². The summed E-state index contributed by atoms with van der Waals surface area (Å²) >= 11 is 0. The zero-order valence-corrected chi connectivity index (χ0v) is 10.9. The van der Waals surface area contributed by atoms with Crippen LogP contribution < -0.4 is 5.32 Å². The number of nitriles is 2. The van der Waals surface area contributed by atoms with Crippen LogP contribution in [-0.2, 0) is 0 Å². The van der Waals surface area contributed by atoms with Crippen molar-refractivity contribution in [3.05, 3.63) is 58.7 Å². The molecule has 0 aliphatic heterocycles. The molecular formula is C16H13N3. The highest BCUT2D eigenvalue weighted by Gasteiger charge is 2.07. The molecule has 92 valence electrons. The van der Waals surface area contributed by atoms with Gasteiger partial charge in [-0.25, -0.2) is 0 Å². The molecule has 3 nitrogen and oxygen atoms in total. The van der Waals surface area contributed by atoms with Crippen LogP contribution in [0.15, 0.2) is 36.4 Å². The number of benzene rings is 2. The standard InChI is InChI=1S/C16H13N3/c1-11-6-7-15(13(8-11)9-17)19-16-5-3-4-12(2)14(16)10-18/h3-8,19H,1-2H3. The van der Waals surface area contributed by atoms with Gasteiger partial charge in [0.1, 0.15) is 12.1 Å². The molecule has 2 rings (SSSR count). The van der Waals surface area contributed by atoms with E-state index in [1.165, 1.54) is 0 Å². The van der Waals surface area contributed by atoms with Crippen LogP contribution in [0.25, 0.3) is 0 Å². The first-order chi connectivity index (χ1) is 9.15. The summed E-state index contributed by atoms with van der Waals surface area (Å²) in [6, 6.07) is 15.6. The Hall–Kier alpha value is -2.78. The molecule has 0 saturated heterocycles. The van der Waals surface area contributed by atoms with Gasteiger partial charge in [-0.1, -0.05) is 18.2 Å². The van der Waals surface area contributed by atoms with Crippen molar-refractivity contribution in [2.75, 3.05) is 5.32 Å². The first kappa shape index (κ1) is 12.7. The first-order valence-electron chi connectivity index (χ1n) is 5.93. The first-order valence-corrected chi connectivity index (χ1v) is 5.93. The van der Waals surface area contributed by atoms with Crippen molar-refractivity contribution >= 4 is 11.4 Å². The van der Waals surface area contributed by atoms with E-state index in [1.54, 1.807) is 0 Å². The van der Waals surface area contributed by atoms with E-state index in [4.69, 9.17) is 5.26 Å². The molecular weight excluding hydrogens is 234 g/mol. The molecule has 0 atom stereocenters. The predicted molar refractivity (Wildman–Crippen MR) is 75.1 cm³/mol. The zero-order chi connectivity index (χ0) is 13.8. The number of hydrogen-bond acceptors (Lipinski definition) is 3. The van der Waals surface area contributed by atoms with Gasteiger partial charge in [0, 0.05) is 0 Å². The normalized spacial score (nSPS) is 9.47. The lowest BCUT2D eigenvalue weighted by atomic mass is 10.1. The highest BCUT2D eigenvalue weighted by atomic mass is 14.9. The molecule has 0 aromatic heterocycles. The molecule has 2 aromatic rings. The molecule has 0 aliphatic rings. The number of hydrogen-bond donors (Lipinski definition) is 1. The average molecular weight is 247 g/mol. The van der Waals surface area contributed by atoms with Crippen LogP contribution in [0.1, 0.15) is 22.3 Å². The van der Waals surface area contributed by atoms with Gasteiger partial charge < -0.3 is 5.32 Å². The maximum absolute atomic E-state index is 9.19. The lowest BCUT2D eigenvalue weighted by molar-refractivity contribution is 1.36. The van der Waals surface area contributed by atoms with Gasteiger partial charge in [-0.3, -0.25) is 0 Å². The molecule has 0 radical (unpaired) electrons. The number of rotatable bonds is 2. The zero-order valence-electron chi connectivity index (χ0n) is 10.9. The minimum Gasteiger partial charge on any atom is -0.353 e. The third kappa shape index (κ3) is 2.56. The third-order valence-electron chi connectivity index (χ3n) is 2.95. The van der Waals surface area contributed by atoms with Crippen molar-refractivity contribution in [2.24, 2.45) is 0 Å². The summed E-state index contributed by atoms with van der Waals surface area (Å²) in [6.45, 7) is 3.84. The molecule has 3 heteroatoms. The maximum atomic E-state index is 9.19. The number of aryl methyl sites for hydroxylation is 2. The Balaban J connectivity index is 2.46. The SMILES string of the molecule is Cc1ccc(Nc2cccc(C)c2C#N)c(C#N)c1. The molecule has 19 heavy (non-hydrogen) atoms. The third-order valence-corrected chi connectivity index (χ3v) is 2.95. The van der Waals surface area contributed by atoms with E-state index in [0.29, 0.717) is 11.1 Å². The second-order valence-electron chi connectivity index (χ2n) is 4.40. The van der Waals surface area contributed by atoms with Gasteiger partial charge >= 0.3 is 0 Å². The summed E-state index contributed by atoms with van der Waals surface area (Å²) < 4.78 is 0. The molecule has 0 fully saturated rings. The second kappa shape index (κ2) is 5.25. The fourth-order valence-corrected chi connectivity index (χ4v) is 1.93. The summed E-state index contributed by atoms with van der Waals surface area (Å²) in [5, 5.41) is 21.5. The summed E-state index contributed by atoms with van der Waals surface area (Å²) in [4.78, 5) is 0. The summed E-state index contributed by atoms with van der Waals surface area (Å²) in [7, 11) is 0. The Kier molecular flexibility index (Phi) is 3.50. The molecule has 0 amide bonds. The quantitative estimate of drug-likeness (QED) is 0.878. The molecule has 1 N–H and O–H groups in total. The summed E-state index contributed by atoms with van der Waals surface area (Å²) in [6.07, 6.45) is 0. The van der Waals surface area contributed by atoms with Gasteiger partial charge in [-0.05, 0) is 43.2 Å². The summed E-state index contributed by atoms with van der Waals surface area (Å²) in [5.41, 5.74) is 4.57. The van der Waals surface area contributed by atoms with E-state index in [0.717, 1.165) is 22.5 Å². The van der Waals surface area contributed by atoms with Crippen LogP contribution in [0.2, 0.25) is 0 Å². The topological polar surface area (TPSA) is 59.6 Å². The minimum atomic E-state index is 0.574. The Morgan fingerprint density at radius 1 is 0.947 bits per heavy atom. The van der Waals surface area contributed by atoms with Crippen molar-refractivity contribution in [3.63, 3.8) is 0 Å². The Morgan fingerprint density at radius 3 is 2.42 bits per heavy atom. The van der Waals surface area contributed by atoms with E-state index in [2.05, 4.69) is 17.5 Å². The number of nitrogens with zero attached hydrogens (tertiary/aromatic N) is 2. The monoisotopic (exact) mass is 247 g/mol. The van der Waals surface area contributed by atoms with Crippen LogP contribution in [0.3, 0.4) is 0 Å². The van der Waals surface area contributed by atoms with Crippen LogP contribution in [0.4, 0.5) is 11.4 Å². The van der Waals surface area contributed by atoms with Crippen LogP contribution in [0, 0.1) is 36.5 Å². The van der Waals surface area contributed by atoms with E-state index < -0.39 is 0 Å². The fourth-order valence-electron chi connectivity index (χ4n) is 1.93. The van der Waals surface area contributed by atoms with Crippen LogP contribution in [-0.4, -0.2) is 0 Å². The fraction of sp³-hybridized carbons (Fsp3) is 0.125. The highest BCUT2D eigenvalue weighted by Crippen LogP contribution is 2.25. The summed E-state index contributed by atoms with van der Waals surface area (Å²) in [5.74, 6) is 0. The molecule has 0 bridgehead atoms. The van der Waals surface area contributed by atoms with Gasteiger partial charge in [-0.15, -0.1) is 0 Å². The van der Waals surface area contributed by atoms with Crippen molar-refractivity contribution < 1.29 is 0 Å². The lowest BCUT2D eigenvalue weighted by Gasteiger charge is -2.11. The van der Waals surface area contributed by atoms with E-state index in [1.807, 2.05) is 50.2 Å². The Morgan fingerprint density at radius 2 is 1.74 bits per heavy atom. The van der Waals surface area contributed by atoms with E-state index in [9.17, 15) is 5.26 Å². The minimum absolute atomic E-state index is 0.574. The largest absolute Gasteiger partial charge is 0.353 e. The molecule has 0 unspecified atom stereocenters. The van der Waals surface area contributed by atoms with E-state index in [-0.39, 0.29) is 0 Å². The van der Waals surface area contributed by atoms with Crippen molar-refractivity contribution in [2.45, 2.75) is 13.8 Å². The number of nitrogens with one attached hydrogen (secondary N) is 1. The maximum Gasteiger partial charge on any atom is 0.102 e. The molecule has 0 saturated carbocycles. The smallest absolute Gasteiger partial charge is 0.102 e. The lowest BCUT2D eigenvalue weighted by Crippen LogP contribution is -1.98. The van der Waals surface area contributed by atoms with Crippen molar-refractivity contribution in [1.82, 2.24) is 0 Å². The molecule has 0 aliphatic carbocycles. The van der Waals surface area contributed by atoms with Gasteiger partial charge in [0.05, 0.1) is 22.5 Å². The highest BCUT2D eigenvalue weighted by molar-refractivity contribution is 5.72. The Labute approximate surface area is 112 Å². The van der Waals surface area contributed by atoms with Crippen LogP contribution >= 0.6 is 0 Å². The molecule has 0 spiro atoms. The van der Waals surface area contributed by atoms with Gasteiger partial charge in [0.15, 0.2) is 0 Å².